The topological polar surface area (TPSA) is 134 Å². The first kappa shape index (κ1) is 49.5. The number of benzene rings is 7. The van der Waals surface area contributed by atoms with Crippen LogP contribution in [-0.4, -0.2) is 57.7 Å². The first-order valence-electron chi connectivity index (χ1n) is 22.2. The number of carbonyl (C=O) groups is 1. The lowest BCUT2D eigenvalue weighted by atomic mass is 9.98. The molecule has 0 bridgehead atoms. The lowest BCUT2D eigenvalue weighted by Crippen LogP contribution is -2.60. The minimum absolute atomic E-state index is 0.0872. The van der Waals surface area contributed by atoms with Gasteiger partial charge in [-0.25, -0.2) is 4.79 Å². The summed E-state index contributed by atoms with van der Waals surface area (Å²) in [7, 11) is -5.16. The maximum absolute atomic E-state index is 14.1. The van der Waals surface area contributed by atoms with Gasteiger partial charge in [0.05, 0.1) is 38.4 Å². The van der Waals surface area contributed by atoms with Gasteiger partial charge >= 0.3 is 21.6 Å². The van der Waals surface area contributed by atoms with E-state index in [9.17, 15) is 26.4 Å². The number of ether oxygens (including phenoxy) is 8. The van der Waals surface area contributed by atoms with E-state index < -0.39 is 69.4 Å². The molecular weight excluding hydrogens is 930 g/mol. The summed E-state index contributed by atoms with van der Waals surface area (Å²) in [5.74, 6) is -2.28. The Kier molecular flexibility index (Phi) is 15.7. The van der Waals surface area contributed by atoms with E-state index >= 15 is 0 Å². The van der Waals surface area contributed by atoms with Crippen LogP contribution in [0.15, 0.2) is 164 Å². The molecule has 0 spiro atoms. The normalized spacial score (nSPS) is 18.2. The van der Waals surface area contributed by atoms with E-state index in [2.05, 4.69) is 4.18 Å². The molecule has 0 saturated carbocycles. The van der Waals surface area contributed by atoms with Gasteiger partial charge in [-0.15, -0.1) is 0 Å². The lowest BCUT2D eigenvalue weighted by Gasteiger charge is -2.45. The Morgan fingerprint density at radius 2 is 1.11 bits per heavy atom. The molecule has 8 rings (SSSR count). The highest BCUT2D eigenvalue weighted by Crippen LogP contribution is 2.43. The number of hydrogen-bond donors (Lipinski definition) is 0. The fourth-order valence-corrected chi connectivity index (χ4v) is 8.37. The molecule has 0 aliphatic carbocycles. The van der Waals surface area contributed by atoms with E-state index in [0.717, 1.165) is 35.4 Å². The van der Waals surface area contributed by atoms with E-state index in [-0.39, 0.29) is 43.3 Å². The fourth-order valence-electron chi connectivity index (χ4n) is 7.89. The Hall–Kier alpha value is -6.95. The Labute approximate surface area is 403 Å². The summed E-state index contributed by atoms with van der Waals surface area (Å²) >= 11 is 0. The molecule has 0 N–H and O–H groups in total. The SMILES string of the molecule is COc1cc(C)cc(C(=O)Oc2ccc(OC3O[C@@H](C)[C@H](OCc4ccccc4)[C@@H](OCc4ccccc4)[C@H]3OCc3ccccc3)c3c(OCc4ccccc4)cccc23)c1OS(=O)(=O)C(F)(F)F. The summed E-state index contributed by atoms with van der Waals surface area (Å²) in [4.78, 5) is 14.1. The largest absolute Gasteiger partial charge is 0.534 e. The third-order valence-electron chi connectivity index (χ3n) is 11.3. The Balaban J connectivity index is 1.19. The average Bonchev–Trinajstić information content (AvgIpc) is 3.36. The molecule has 1 aliphatic rings. The number of fused-ring (bicyclic) bond motifs is 1. The smallest absolute Gasteiger partial charge is 0.493 e. The average molecular weight is 979 g/mol. The van der Waals surface area contributed by atoms with Gasteiger partial charge in [-0.2, -0.15) is 21.6 Å². The quantitative estimate of drug-likeness (QED) is 0.0330. The van der Waals surface area contributed by atoms with Crippen LogP contribution in [0.2, 0.25) is 0 Å². The van der Waals surface area contributed by atoms with E-state index in [4.69, 9.17) is 37.9 Å². The summed E-state index contributed by atoms with van der Waals surface area (Å²) in [6.45, 7) is 4.14. The van der Waals surface area contributed by atoms with Gasteiger partial charge in [0.1, 0.15) is 47.7 Å². The molecule has 1 heterocycles. The molecule has 16 heteroatoms. The minimum atomic E-state index is -6.24. The van der Waals surface area contributed by atoms with Crippen LogP contribution in [0.5, 0.6) is 28.7 Å². The molecule has 1 saturated heterocycles. The van der Waals surface area contributed by atoms with Crippen molar-refractivity contribution in [2.24, 2.45) is 0 Å². The molecule has 70 heavy (non-hydrogen) atoms. The van der Waals surface area contributed by atoms with Gasteiger partial charge in [-0.1, -0.05) is 133 Å². The molecule has 1 fully saturated rings. The second-order valence-electron chi connectivity index (χ2n) is 16.3. The molecule has 1 unspecified atom stereocenters. The van der Waals surface area contributed by atoms with Gasteiger partial charge in [0, 0.05) is 5.39 Å². The van der Waals surface area contributed by atoms with E-state index in [1.54, 1.807) is 18.2 Å². The van der Waals surface area contributed by atoms with Crippen LogP contribution in [0, 0.1) is 6.92 Å². The molecule has 7 aromatic rings. The maximum Gasteiger partial charge on any atom is 0.534 e. The van der Waals surface area contributed by atoms with Crippen molar-refractivity contribution in [2.45, 2.75) is 76.5 Å². The Bertz CT molecular complexity index is 2960. The number of methoxy groups -OCH3 is 1. The van der Waals surface area contributed by atoms with Crippen molar-refractivity contribution in [2.75, 3.05) is 7.11 Å². The first-order chi connectivity index (χ1) is 33.8. The first-order valence-corrected chi connectivity index (χ1v) is 23.6. The van der Waals surface area contributed by atoms with Crippen molar-refractivity contribution in [3.8, 4) is 28.7 Å². The predicted octanol–water partition coefficient (Wildman–Crippen LogP) is 11.1. The van der Waals surface area contributed by atoms with Crippen molar-refractivity contribution in [1.29, 1.82) is 0 Å². The molecule has 0 aromatic heterocycles. The summed E-state index contributed by atoms with van der Waals surface area (Å²) in [6, 6.07) is 48.7. The summed E-state index contributed by atoms with van der Waals surface area (Å²) < 4.78 is 121. The van der Waals surface area contributed by atoms with Crippen molar-refractivity contribution >= 4 is 26.9 Å². The fraction of sp³-hybridized carbons (Fsp3) is 0.241. The number of rotatable bonds is 19. The highest BCUT2D eigenvalue weighted by atomic mass is 32.2. The van der Waals surface area contributed by atoms with Gasteiger partial charge in [0.2, 0.25) is 6.29 Å². The summed E-state index contributed by atoms with van der Waals surface area (Å²) in [6.07, 6.45) is -4.09. The van der Waals surface area contributed by atoms with E-state index in [1.165, 1.54) is 25.1 Å². The molecule has 5 atom stereocenters. The van der Waals surface area contributed by atoms with Crippen LogP contribution in [0.1, 0.15) is 45.1 Å². The Morgan fingerprint density at radius 1 is 0.600 bits per heavy atom. The third-order valence-corrected chi connectivity index (χ3v) is 12.3. The van der Waals surface area contributed by atoms with Crippen LogP contribution in [-0.2, 0) is 55.5 Å². The molecule has 12 nitrogen and oxygen atoms in total. The number of alkyl halides is 3. The summed E-state index contributed by atoms with van der Waals surface area (Å²) in [5.41, 5.74) is -2.54. The molecule has 1 aliphatic heterocycles. The predicted molar refractivity (Wildman–Crippen MR) is 253 cm³/mol. The van der Waals surface area contributed by atoms with Crippen LogP contribution in [0.4, 0.5) is 13.2 Å². The van der Waals surface area contributed by atoms with Gasteiger partial charge in [0.15, 0.2) is 11.5 Å². The van der Waals surface area contributed by atoms with Crippen LogP contribution >= 0.6 is 0 Å². The van der Waals surface area contributed by atoms with Crippen molar-refractivity contribution in [3.05, 3.63) is 197 Å². The molecule has 0 radical (unpaired) electrons. The van der Waals surface area contributed by atoms with Gasteiger partial charge in [0.25, 0.3) is 0 Å². The zero-order valence-electron chi connectivity index (χ0n) is 38.2. The number of hydrogen-bond acceptors (Lipinski definition) is 12. The zero-order chi connectivity index (χ0) is 49.3. The van der Waals surface area contributed by atoms with Crippen LogP contribution < -0.4 is 23.1 Å². The number of esters is 1. The number of aryl methyl sites for hydroxylation is 1. The highest BCUT2D eigenvalue weighted by Gasteiger charge is 2.50. The second-order valence-corrected chi connectivity index (χ2v) is 17.9. The third kappa shape index (κ3) is 11.9. The van der Waals surface area contributed by atoms with Gasteiger partial charge < -0.3 is 42.1 Å². The molecular formula is C54H49F3O12S. The minimum Gasteiger partial charge on any atom is -0.493 e. The van der Waals surface area contributed by atoms with Crippen molar-refractivity contribution in [3.63, 3.8) is 0 Å². The van der Waals surface area contributed by atoms with Gasteiger partial charge in [-0.05, 0) is 72.0 Å². The van der Waals surface area contributed by atoms with Crippen molar-refractivity contribution in [1.82, 2.24) is 0 Å². The lowest BCUT2D eigenvalue weighted by molar-refractivity contribution is -0.300. The second kappa shape index (κ2) is 22.2. The van der Waals surface area contributed by atoms with Crippen LogP contribution in [0.25, 0.3) is 10.8 Å². The van der Waals surface area contributed by atoms with E-state index in [0.29, 0.717) is 16.7 Å². The Morgan fingerprint density at radius 3 is 1.66 bits per heavy atom. The zero-order valence-corrected chi connectivity index (χ0v) is 39.1. The highest BCUT2D eigenvalue weighted by molar-refractivity contribution is 7.88. The maximum atomic E-state index is 14.1. The van der Waals surface area contributed by atoms with Crippen molar-refractivity contribution < 1.29 is 68.5 Å². The standard InChI is InChI=1S/C54H49F3O12S/c1-35-29-42(49(46(30-35)61-3)69-70(59,60)54(55,56)57)52(58)67-43-27-28-45(47-41(43)25-16-26-44(47)62-31-37-17-8-4-9-18-37)68-53-51(65-34-40-23-14-7-15-24-40)50(64-33-39-21-12-6-13-22-39)48(36(2)66-53)63-32-38-19-10-5-11-20-38/h4-30,36,48,50-51,53H,31-34H2,1-3H3/t36-,48-,50+,51+,53?/m0/s1. The van der Waals surface area contributed by atoms with Gasteiger partial charge in [-0.3, -0.25) is 0 Å². The monoisotopic (exact) mass is 978 g/mol. The molecule has 0 amide bonds. The molecule has 7 aromatic carbocycles. The summed E-state index contributed by atoms with van der Waals surface area (Å²) in [5, 5.41) is 0.594. The number of halogens is 3. The molecule has 364 valence electrons. The number of carbonyl (C=O) groups excluding carboxylic acids is 1. The van der Waals surface area contributed by atoms with Crippen LogP contribution in [0.3, 0.4) is 0 Å². The van der Waals surface area contributed by atoms with E-state index in [1.807, 2.05) is 128 Å².